The predicted molar refractivity (Wildman–Crippen MR) is 103 cm³/mol. The van der Waals surface area contributed by atoms with Crippen molar-refractivity contribution in [2.75, 3.05) is 33.4 Å². The molecule has 2 atom stereocenters. The Kier molecular flexibility index (Phi) is 12.0. The van der Waals surface area contributed by atoms with Crippen LogP contribution in [0, 0.1) is 0 Å². The molecule has 1 aromatic rings. The van der Waals surface area contributed by atoms with Crippen LogP contribution >= 0.6 is 24.8 Å². The summed E-state index contributed by atoms with van der Waals surface area (Å²) in [6.07, 6.45) is 0.286. The maximum Gasteiger partial charge on any atom is 0.239 e. The van der Waals surface area contributed by atoms with E-state index in [9.17, 15) is 4.79 Å². The first-order chi connectivity index (χ1) is 11.1. The SMILES string of the molecule is COCC(N)C(=O)NCc1cccc(CN2CCOC(C)C2)c1.Cl.Cl. The number of hydrogen-bond acceptors (Lipinski definition) is 5. The molecule has 1 heterocycles. The second kappa shape index (κ2) is 12.5. The summed E-state index contributed by atoms with van der Waals surface area (Å²) >= 11 is 0. The summed E-state index contributed by atoms with van der Waals surface area (Å²) < 4.78 is 10.5. The van der Waals surface area contributed by atoms with E-state index in [-0.39, 0.29) is 43.4 Å². The molecule has 0 saturated carbocycles. The number of nitrogens with zero attached hydrogens (tertiary/aromatic N) is 1. The fourth-order valence-electron chi connectivity index (χ4n) is 2.71. The van der Waals surface area contributed by atoms with Gasteiger partial charge >= 0.3 is 0 Å². The van der Waals surface area contributed by atoms with Crippen LogP contribution in [-0.2, 0) is 27.4 Å². The minimum absolute atomic E-state index is 0. The van der Waals surface area contributed by atoms with E-state index in [0.717, 1.165) is 31.8 Å². The summed E-state index contributed by atoms with van der Waals surface area (Å²) in [5.74, 6) is -0.195. The molecule has 2 rings (SSSR count). The van der Waals surface area contributed by atoms with Gasteiger partial charge in [-0.1, -0.05) is 24.3 Å². The number of hydrogen-bond donors (Lipinski definition) is 2. The lowest BCUT2D eigenvalue weighted by atomic mass is 10.1. The van der Waals surface area contributed by atoms with E-state index in [1.807, 2.05) is 12.1 Å². The summed E-state index contributed by atoms with van der Waals surface area (Å²) in [6.45, 7) is 6.39. The molecule has 3 N–H and O–H groups in total. The first-order valence-corrected chi connectivity index (χ1v) is 8.02. The average molecular weight is 394 g/mol. The predicted octanol–water partition coefficient (Wildman–Crippen LogP) is 1.34. The van der Waals surface area contributed by atoms with Crippen LogP contribution in [0.3, 0.4) is 0 Å². The number of nitrogens with two attached hydrogens (primary N) is 1. The Labute approximate surface area is 162 Å². The van der Waals surface area contributed by atoms with Crippen LogP contribution < -0.4 is 11.1 Å². The van der Waals surface area contributed by atoms with Crippen molar-refractivity contribution in [2.24, 2.45) is 5.73 Å². The van der Waals surface area contributed by atoms with Crippen LogP contribution in [0.1, 0.15) is 18.1 Å². The lowest BCUT2D eigenvalue weighted by Crippen LogP contribution is -2.43. The van der Waals surface area contributed by atoms with Gasteiger partial charge in [0.2, 0.25) is 5.91 Å². The third-order valence-corrected chi connectivity index (χ3v) is 3.87. The highest BCUT2D eigenvalue weighted by molar-refractivity contribution is 5.85. The molecule has 1 aliphatic rings. The van der Waals surface area contributed by atoms with Gasteiger partial charge in [0.25, 0.3) is 0 Å². The third kappa shape index (κ3) is 8.35. The molecule has 1 amide bonds. The van der Waals surface area contributed by atoms with Gasteiger partial charge in [-0.3, -0.25) is 9.69 Å². The van der Waals surface area contributed by atoms with Crippen LogP contribution in [0.15, 0.2) is 24.3 Å². The molecule has 1 fully saturated rings. The zero-order valence-corrected chi connectivity index (χ0v) is 16.4. The van der Waals surface area contributed by atoms with Crippen LogP contribution in [0.25, 0.3) is 0 Å². The van der Waals surface area contributed by atoms with Crippen LogP contribution in [0.4, 0.5) is 0 Å². The molecule has 1 aromatic carbocycles. The van der Waals surface area contributed by atoms with Crippen molar-refractivity contribution in [1.29, 1.82) is 0 Å². The average Bonchev–Trinajstić information content (AvgIpc) is 2.53. The molecule has 0 aliphatic carbocycles. The molecule has 0 radical (unpaired) electrons. The summed E-state index contributed by atoms with van der Waals surface area (Å²) in [4.78, 5) is 14.2. The molecule has 1 aliphatic heterocycles. The zero-order valence-electron chi connectivity index (χ0n) is 14.8. The third-order valence-electron chi connectivity index (χ3n) is 3.87. The van der Waals surface area contributed by atoms with E-state index in [1.54, 1.807) is 0 Å². The number of rotatable bonds is 7. The number of amides is 1. The molecule has 2 unspecified atom stereocenters. The van der Waals surface area contributed by atoms with Crippen LogP contribution in [0.5, 0.6) is 0 Å². The largest absolute Gasteiger partial charge is 0.383 e. The number of benzene rings is 1. The van der Waals surface area contributed by atoms with Gasteiger partial charge < -0.3 is 20.5 Å². The smallest absolute Gasteiger partial charge is 0.239 e. The van der Waals surface area contributed by atoms with Gasteiger partial charge in [-0.2, -0.15) is 0 Å². The second-order valence-corrected chi connectivity index (χ2v) is 6.02. The fraction of sp³-hybridized carbons (Fsp3) is 0.588. The molecule has 144 valence electrons. The summed E-state index contributed by atoms with van der Waals surface area (Å²) in [7, 11) is 1.53. The maximum absolute atomic E-state index is 11.8. The molecule has 0 bridgehead atoms. The minimum atomic E-state index is -0.627. The van der Waals surface area contributed by atoms with E-state index in [2.05, 4.69) is 29.3 Å². The molecule has 8 heteroatoms. The van der Waals surface area contributed by atoms with Gasteiger partial charge in [0.15, 0.2) is 0 Å². The van der Waals surface area contributed by atoms with E-state index in [0.29, 0.717) is 6.54 Å². The molecule has 0 aromatic heterocycles. The lowest BCUT2D eigenvalue weighted by Gasteiger charge is -2.31. The fourth-order valence-corrected chi connectivity index (χ4v) is 2.71. The molecule has 6 nitrogen and oxygen atoms in total. The Balaban J connectivity index is 0.00000288. The number of nitrogens with one attached hydrogen (secondary N) is 1. The molecule has 1 saturated heterocycles. The number of carbonyl (C=O) groups is 1. The molecule has 25 heavy (non-hydrogen) atoms. The maximum atomic E-state index is 11.8. The number of carbonyl (C=O) groups excluding carboxylic acids is 1. The van der Waals surface area contributed by atoms with E-state index >= 15 is 0 Å². The minimum Gasteiger partial charge on any atom is -0.383 e. The number of halogens is 2. The van der Waals surface area contributed by atoms with E-state index < -0.39 is 6.04 Å². The van der Waals surface area contributed by atoms with Gasteiger partial charge in [-0.15, -0.1) is 24.8 Å². The van der Waals surface area contributed by atoms with Crippen molar-refractivity contribution < 1.29 is 14.3 Å². The molecular weight excluding hydrogens is 365 g/mol. The first-order valence-electron chi connectivity index (χ1n) is 8.02. The Morgan fingerprint density at radius 3 is 2.84 bits per heavy atom. The highest BCUT2D eigenvalue weighted by atomic mass is 35.5. The lowest BCUT2D eigenvalue weighted by molar-refractivity contribution is -0.123. The summed E-state index contributed by atoms with van der Waals surface area (Å²) in [5.41, 5.74) is 8.02. The van der Waals surface area contributed by atoms with Crippen molar-refractivity contribution in [2.45, 2.75) is 32.2 Å². The Morgan fingerprint density at radius 1 is 1.44 bits per heavy atom. The Hall–Kier alpha value is -0.890. The summed E-state index contributed by atoms with van der Waals surface area (Å²) in [5, 5.41) is 2.84. The van der Waals surface area contributed by atoms with Crippen molar-refractivity contribution in [3.63, 3.8) is 0 Å². The van der Waals surface area contributed by atoms with E-state index in [1.165, 1.54) is 12.7 Å². The Morgan fingerprint density at radius 2 is 2.16 bits per heavy atom. The van der Waals surface area contributed by atoms with Crippen LogP contribution in [0.2, 0.25) is 0 Å². The van der Waals surface area contributed by atoms with Crippen molar-refractivity contribution in [3.8, 4) is 0 Å². The van der Waals surface area contributed by atoms with Crippen molar-refractivity contribution >= 4 is 30.7 Å². The standard InChI is InChI=1S/C17H27N3O3.2ClH/c1-13-10-20(6-7-23-13)11-15-5-3-4-14(8-15)9-19-17(21)16(18)12-22-2;;/h3-5,8,13,16H,6-7,9-12,18H2,1-2H3,(H,19,21);2*1H. The zero-order chi connectivity index (χ0) is 16.7. The van der Waals surface area contributed by atoms with Crippen molar-refractivity contribution in [1.82, 2.24) is 10.2 Å². The number of ether oxygens (including phenoxy) is 2. The quantitative estimate of drug-likeness (QED) is 0.730. The van der Waals surface area contributed by atoms with Gasteiger partial charge in [0, 0.05) is 33.3 Å². The van der Waals surface area contributed by atoms with Gasteiger partial charge in [-0.05, 0) is 18.1 Å². The van der Waals surface area contributed by atoms with Crippen LogP contribution in [-0.4, -0.2) is 56.4 Å². The highest BCUT2D eigenvalue weighted by Crippen LogP contribution is 2.12. The topological polar surface area (TPSA) is 76.8 Å². The first kappa shape index (κ1) is 24.1. The summed E-state index contributed by atoms with van der Waals surface area (Å²) in [6, 6.07) is 7.64. The van der Waals surface area contributed by atoms with Gasteiger partial charge in [-0.25, -0.2) is 0 Å². The monoisotopic (exact) mass is 393 g/mol. The van der Waals surface area contributed by atoms with Crippen molar-refractivity contribution in [3.05, 3.63) is 35.4 Å². The van der Waals surface area contributed by atoms with Gasteiger partial charge in [0.1, 0.15) is 6.04 Å². The number of methoxy groups -OCH3 is 1. The molecular formula is C17H29Cl2N3O3. The molecule has 0 spiro atoms. The Bertz CT molecular complexity index is 520. The highest BCUT2D eigenvalue weighted by Gasteiger charge is 2.17. The normalized spacial score (nSPS) is 18.6. The number of morpholine rings is 1. The second-order valence-electron chi connectivity index (χ2n) is 6.02. The van der Waals surface area contributed by atoms with E-state index in [4.69, 9.17) is 15.2 Å². The van der Waals surface area contributed by atoms with Gasteiger partial charge in [0.05, 0.1) is 19.3 Å².